The van der Waals surface area contributed by atoms with Gasteiger partial charge < -0.3 is 34.3 Å². The zero-order valence-electron chi connectivity index (χ0n) is 37.8. The van der Waals surface area contributed by atoms with Gasteiger partial charge in [-0.25, -0.2) is 0 Å². The lowest BCUT2D eigenvalue weighted by molar-refractivity contribution is -0.297. The first kappa shape index (κ1) is 56.6. The van der Waals surface area contributed by atoms with Gasteiger partial charge in [0.1, 0.15) is 36.8 Å². The van der Waals surface area contributed by atoms with Crippen LogP contribution in [-0.4, -0.2) is 96.0 Å². The summed E-state index contributed by atoms with van der Waals surface area (Å²) in [5, 5.41) is 30.9. The van der Waals surface area contributed by atoms with Gasteiger partial charge in [0, 0.05) is 12.8 Å². The van der Waals surface area contributed by atoms with Crippen LogP contribution in [0, 0.1) is 0 Å². The van der Waals surface area contributed by atoms with Gasteiger partial charge in [-0.1, -0.05) is 172 Å². The quantitative estimate of drug-likeness (QED) is 0.0198. The zero-order valence-corrected chi connectivity index (χ0v) is 38.6. The second-order valence-electron chi connectivity index (χ2n) is 16.4. The summed E-state index contributed by atoms with van der Waals surface area (Å²) in [4.78, 5) is 25.4. The van der Waals surface area contributed by atoms with Crippen LogP contribution in [0.4, 0.5) is 0 Å². The Kier molecular flexibility index (Phi) is 35.4. The molecule has 6 atom stereocenters. The largest absolute Gasteiger partial charge is 0.462 e. The summed E-state index contributed by atoms with van der Waals surface area (Å²) in [7, 11) is -4.61. The second-order valence-corrected chi connectivity index (χ2v) is 17.9. The molecular weight excluding hydrogens is 801 g/mol. The number of hydrogen-bond donors (Lipinski definition) is 4. The van der Waals surface area contributed by atoms with Crippen molar-refractivity contribution >= 4 is 22.1 Å². The number of rotatable bonds is 39. The van der Waals surface area contributed by atoms with Crippen molar-refractivity contribution in [2.45, 2.75) is 224 Å². The fourth-order valence-electron chi connectivity index (χ4n) is 7.02. The number of allylic oxidation sites excluding steroid dienone is 8. The number of hydrogen-bond acceptors (Lipinski definition) is 11. The number of unbranched alkanes of at least 4 members (excludes halogenated alkanes) is 19. The van der Waals surface area contributed by atoms with E-state index in [1.807, 2.05) is 0 Å². The van der Waals surface area contributed by atoms with Gasteiger partial charge in [-0.15, -0.1) is 0 Å². The van der Waals surface area contributed by atoms with E-state index in [2.05, 4.69) is 62.5 Å². The lowest BCUT2D eigenvalue weighted by Gasteiger charge is -2.40. The molecule has 0 bridgehead atoms. The van der Waals surface area contributed by atoms with Crippen LogP contribution in [0.2, 0.25) is 0 Å². The molecule has 0 aromatic heterocycles. The molecule has 0 aromatic rings. The molecule has 1 saturated heterocycles. The van der Waals surface area contributed by atoms with E-state index in [0.29, 0.717) is 12.8 Å². The number of aliphatic hydroxyl groups excluding tert-OH is 3. The molecule has 0 saturated carbocycles. The van der Waals surface area contributed by atoms with E-state index < -0.39 is 71.2 Å². The van der Waals surface area contributed by atoms with Crippen LogP contribution in [0.5, 0.6) is 0 Å². The van der Waals surface area contributed by atoms with E-state index in [4.69, 9.17) is 18.9 Å². The predicted octanol–water partition coefficient (Wildman–Crippen LogP) is 9.95. The molecule has 1 aliphatic rings. The van der Waals surface area contributed by atoms with Gasteiger partial charge in [-0.3, -0.25) is 14.1 Å². The van der Waals surface area contributed by atoms with Gasteiger partial charge >= 0.3 is 11.9 Å². The molecule has 4 N–H and O–H groups in total. The first-order chi connectivity index (χ1) is 29.5. The maximum absolute atomic E-state index is 12.8. The van der Waals surface area contributed by atoms with Gasteiger partial charge in [0.05, 0.1) is 6.61 Å². The van der Waals surface area contributed by atoms with Crippen molar-refractivity contribution in [2.24, 2.45) is 0 Å². The molecule has 0 amide bonds. The van der Waals surface area contributed by atoms with Crippen LogP contribution in [-0.2, 0) is 38.7 Å². The summed E-state index contributed by atoms with van der Waals surface area (Å²) >= 11 is 0. The van der Waals surface area contributed by atoms with E-state index in [9.17, 15) is 37.9 Å². The van der Waals surface area contributed by atoms with E-state index in [1.165, 1.54) is 89.9 Å². The molecule has 0 spiro atoms. The van der Waals surface area contributed by atoms with E-state index in [1.54, 1.807) is 0 Å². The normalized spacial score (nSPS) is 20.4. The van der Waals surface area contributed by atoms with Crippen molar-refractivity contribution < 1.29 is 56.8 Å². The molecule has 1 heterocycles. The summed E-state index contributed by atoms with van der Waals surface area (Å²) in [5.74, 6) is -2.03. The SMILES string of the molecule is CC/C=C\C/C=C\C/C=C\C/C=C\CCCCC(=O)OC(COC(=O)CCCCCCCCCCCCCCCCCCCC)COC1OC(CS(=O)(=O)O)C(O)C(O)C1O. The molecule has 0 radical (unpaired) electrons. The van der Waals surface area contributed by atoms with Crippen molar-refractivity contribution in [1.82, 2.24) is 0 Å². The fraction of sp³-hybridized carbons (Fsp3) is 0.792. The Morgan fingerprint density at radius 3 is 1.54 bits per heavy atom. The Hall–Kier alpha value is -2.39. The summed E-state index contributed by atoms with van der Waals surface area (Å²) in [6, 6.07) is 0. The zero-order chi connectivity index (χ0) is 44.8. The molecule has 0 aromatic carbocycles. The van der Waals surface area contributed by atoms with Crippen molar-refractivity contribution in [1.29, 1.82) is 0 Å². The monoisotopic (exact) mass is 885 g/mol. The number of carbonyl (C=O) groups is 2. The third kappa shape index (κ3) is 32.9. The second kappa shape index (κ2) is 38.1. The lowest BCUT2D eigenvalue weighted by Crippen LogP contribution is -2.60. The third-order valence-corrected chi connectivity index (χ3v) is 11.4. The topological polar surface area (TPSA) is 186 Å². The molecule has 1 rings (SSSR count). The molecule has 1 aliphatic heterocycles. The average Bonchev–Trinajstić information content (AvgIpc) is 3.22. The molecule has 0 aliphatic carbocycles. The van der Waals surface area contributed by atoms with Crippen molar-refractivity contribution in [2.75, 3.05) is 19.0 Å². The Morgan fingerprint density at radius 2 is 1.03 bits per heavy atom. The van der Waals surface area contributed by atoms with Gasteiger partial charge in [-0.05, 0) is 51.4 Å². The number of ether oxygens (including phenoxy) is 4. The van der Waals surface area contributed by atoms with Crippen LogP contribution in [0.1, 0.15) is 187 Å². The Bertz CT molecular complexity index is 1310. The minimum absolute atomic E-state index is 0.112. The van der Waals surface area contributed by atoms with Crippen LogP contribution in [0.3, 0.4) is 0 Å². The van der Waals surface area contributed by atoms with Gasteiger partial charge in [0.2, 0.25) is 0 Å². The standard InChI is InChI=1S/C48H84O12S/c1-3-5-7-9-11-13-15-17-19-20-21-23-24-26-28-30-32-34-36-43(49)57-38-41(39-58-48-47(53)46(52)45(51)42(60-48)40-61(54,55)56)59-44(50)37-35-33-31-29-27-25-22-18-16-14-12-10-8-6-4-2/h6,8,12,14,18,22,27,29,41-42,45-48,51-53H,3-5,7,9-11,13,15-17,19-21,23-26,28,30-40H2,1-2H3,(H,54,55,56)/b8-6-,14-12-,22-18-,29-27-. The van der Waals surface area contributed by atoms with E-state index in [0.717, 1.165) is 57.8 Å². The number of esters is 2. The fourth-order valence-corrected chi connectivity index (χ4v) is 7.71. The minimum Gasteiger partial charge on any atom is -0.462 e. The predicted molar refractivity (Wildman–Crippen MR) is 242 cm³/mol. The molecule has 12 nitrogen and oxygen atoms in total. The molecule has 1 fully saturated rings. The molecule has 354 valence electrons. The average molecular weight is 885 g/mol. The van der Waals surface area contributed by atoms with E-state index >= 15 is 0 Å². The van der Waals surface area contributed by atoms with Crippen LogP contribution >= 0.6 is 0 Å². The van der Waals surface area contributed by atoms with Crippen molar-refractivity contribution in [3.63, 3.8) is 0 Å². The maximum Gasteiger partial charge on any atom is 0.306 e. The van der Waals surface area contributed by atoms with Gasteiger partial charge in [0.15, 0.2) is 12.4 Å². The van der Waals surface area contributed by atoms with Crippen molar-refractivity contribution in [3.8, 4) is 0 Å². The maximum atomic E-state index is 12.8. The van der Waals surface area contributed by atoms with Crippen LogP contribution in [0.15, 0.2) is 48.6 Å². The van der Waals surface area contributed by atoms with E-state index in [-0.39, 0.29) is 19.4 Å². The van der Waals surface area contributed by atoms with Crippen LogP contribution in [0.25, 0.3) is 0 Å². The Balaban J connectivity index is 2.43. The number of aliphatic hydroxyl groups is 3. The summed E-state index contributed by atoms with van der Waals surface area (Å²) in [5.41, 5.74) is 0. The third-order valence-electron chi connectivity index (χ3n) is 10.7. The first-order valence-corrected chi connectivity index (χ1v) is 25.3. The highest BCUT2D eigenvalue weighted by molar-refractivity contribution is 7.85. The molecular formula is C48H84O12S. The highest BCUT2D eigenvalue weighted by atomic mass is 32.2. The van der Waals surface area contributed by atoms with Gasteiger partial charge in [0.25, 0.3) is 10.1 Å². The van der Waals surface area contributed by atoms with Gasteiger partial charge in [-0.2, -0.15) is 8.42 Å². The highest BCUT2D eigenvalue weighted by Crippen LogP contribution is 2.24. The lowest BCUT2D eigenvalue weighted by atomic mass is 10.00. The highest BCUT2D eigenvalue weighted by Gasteiger charge is 2.46. The first-order valence-electron chi connectivity index (χ1n) is 23.7. The van der Waals surface area contributed by atoms with Crippen LogP contribution < -0.4 is 0 Å². The van der Waals surface area contributed by atoms with Crippen molar-refractivity contribution in [3.05, 3.63) is 48.6 Å². The molecule has 6 unspecified atom stereocenters. The summed E-state index contributed by atoms with van der Waals surface area (Å²) in [6.45, 7) is 3.62. The Morgan fingerprint density at radius 1 is 0.574 bits per heavy atom. The minimum atomic E-state index is -4.61. The summed E-state index contributed by atoms with van der Waals surface area (Å²) in [6.07, 6.45) is 35.9. The Labute approximate surface area is 369 Å². The molecule has 61 heavy (non-hydrogen) atoms. The number of carbonyl (C=O) groups excluding carboxylic acids is 2. The summed E-state index contributed by atoms with van der Waals surface area (Å²) < 4.78 is 54.1. The smallest absolute Gasteiger partial charge is 0.306 e. The molecule has 13 heteroatoms.